The van der Waals surface area contributed by atoms with Crippen LogP contribution in [-0.2, 0) is 25.7 Å². The Balaban J connectivity index is 0.941. The normalized spacial score (nSPS) is 24.5. The fourth-order valence-corrected chi connectivity index (χ4v) is 10.4. The molecule has 300 valence electrons. The Bertz CT molecular complexity index is 1650. The third-order valence-corrected chi connectivity index (χ3v) is 13.6. The van der Waals surface area contributed by atoms with E-state index < -0.39 is 11.8 Å². The number of likely N-dealkylation sites (N-methyl/N-ethyl adjacent to an activating group) is 1. The van der Waals surface area contributed by atoms with Crippen LogP contribution in [0.3, 0.4) is 0 Å². The molecule has 8 nitrogen and oxygen atoms in total. The number of hydrogen-bond donors (Lipinski definition) is 0. The summed E-state index contributed by atoms with van der Waals surface area (Å²) in [7, 11) is 5.29. The Labute approximate surface area is 325 Å². The maximum absolute atomic E-state index is 15.4. The molecule has 0 spiro atoms. The van der Waals surface area contributed by atoms with E-state index in [2.05, 4.69) is 20.8 Å². The van der Waals surface area contributed by atoms with Crippen LogP contribution in [0.5, 0.6) is 0 Å². The van der Waals surface area contributed by atoms with Gasteiger partial charge in [-0.1, -0.05) is 36.8 Å². The van der Waals surface area contributed by atoms with Crippen molar-refractivity contribution in [1.29, 1.82) is 0 Å². The molecular weight excluding hydrogens is 704 g/mol. The molecule has 11 heteroatoms. The van der Waals surface area contributed by atoms with Gasteiger partial charge in [0.25, 0.3) is 5.92 Å². The number of ether oxygens (including phenoxy) is 1. The van der Waals surface area contributed by atoms with E-state index in [1.807, 2.05) is 37.2 Å². The minimum atomic E-state index is -2.99. The highest BCUT2D eigenvalue weighted by molar-refractivity contribution is 5.88. The number of halogens is 3. The van der Waals surface area contributed by atoms with Crippen molar-refractivity contribution in [1.82, 2.24) is 19.6 Å². The first kappa shape index (κ1) is 39.8. The van der Waals surface area contributed by atoms with Crippen LogP contribution in [-0.4, -0.2) is 125 Å². The average molecular weight is 764 g/mol. The molecule has 55 heavy (non-hydrogen) atoms. The van der Waals surface area contributed by atoms with Crippen LogP contribution in [0.1, 0.15) is 56.1 Å². The lowest BCUT2D eigenvalue weighted by Crippen LogP contribution is -2.58. The molecule has 0 unspecified atom stereocenters. The largest absolute Gasteiger partial charge is 0.469 e. The van der Waals surface area contributed by atoms with Gasteiger partial charge in [-0.05, 0) is 120 Å². The third-order valence-electron chi connectivity index (χ3n) is 13.6. The van der Waals surface area contributed by atoms with Crippen molar-refractivity contribution in [2.75, 3.05) is 98.1 Å². The molecule has 0 radical (unpaired) electrons. The lowest BCUT2D eigenvalue weighted by atomic mass is 9.56. The summed E-state index contributed by atoms with van der Waals surface area (Å²) in [6.07, 6.45) is 10.1. The number of likely N-dealkylation sites (tertiary alicyclic amines) is 3. The van der Waals surface area contributed by atoms with Gasteiger partial charge in [-0.15, -0.1) is 0 Å². The van der Waals surface area contributed by atoms with Crippen molar-refractivity contribution in [3.63, 3.8) is 0 Å². The molecule has 1 saturated carbocycles. The van der Waals surface area contributed by atoms with Crippen molar-refractivity contribution in [3.05, 3.63) is 77.6 Å². The van der Waals surface area contributed by atoms with E-state index >= 15 is 13.2 Å². The number of piperidine rings is 1. The van der Waals surface area contributed by atoms with Gasteiger partial charge in [-0.2, -0.15) is 0 Å². The second-order valence-electron chi connectivity index (χ2n) is 17.4. The lowest BCUT2D eigenvalue weighted by Gasteiger charge is -2.54. The number of benzene rings is 2. The van der Waals surface area contributed by atoms with E-state index in [4.69, 9.17) is 4.74 Å². The van der Waals surface area contributed by atoms with Gasteiger partial charge in [0.1, 0.15) is 5.82 Å². The summed E-state index contributed by atoms with van der Waals surface area (Å²) in [6.45, 7) is 8.61. The van der Waals surface area contributed by atoms with Crippen LogP contribution >= 0.6 is 0 Å². The number of nitrogens with zero attached hydrogens (tertiary/aromatic N) is 5. The second-order valence-corrected chi connectivity index (χ2v) is 17.4. The Morgan fingerprint density at radius 1 is 0.873 bits per heavy atom. The molecule has 0 bridgehead atoms. The molecule has 5 aliphatic rings. The average Bonchev–Trinajstić information content (AvgIpc) is 3.57. The Hall–Kier alpha value is -3.41. The van der Waals surface area contributed by atoms with Gasteiger partial charge in [0.05, 0.1) is 13.0 Å². The van der Waals surface area contributed by atoms with Crippen molar-refractivity contribution in [2.45, 2.75) is 56.3 Å². The van der Waals surface area contributed by atoms with Gasteiger partial charge in [-0.3, -0.25) is 9.59 Å². The number of anilines is 1. The molecule has 2 aromatic carbocycles. The zero-order valence-electron chi connectivity index (χ0n) is 33.0. The molecule has 0 aromatic heterocycles. The van der Waals surface area contributed by atoms with E-state index in [-0.39, 0.29) is 47.7 Å². The zero-order valence-corrected chi connectivity index (χ0v) is 33.0. The monoisotopic (exact) mass is 763 g/mol. The summed E-state index contributed by atoms with van der Waals surface area (Å²) in [5.41, 5.74) is 1.86. The third kappa shape index (κ3) is 8.64. The quantitative estimate of drug-likeness (QED) is 0.157. The molecule has 1 aliphatic carbocycles. The van der Waals surface area contributed by atoms with E-state index in [0.717, 1.165) is 95.7 Å². The summed E-state index contributed by atoms with van der Waals surface area (Å²) in [6, 6.07) is 14.1. The van der Waals surface area contributed by atoms with E-state index in [9.17, 15) is 9.59 Å². The molecule has 5 fully saturated rings. The van der Waals surface area contributed by atoms with E-state index in [1.54, 1.807) is 30.3 Å². The maximum atomic E-state index is 15.4. The summed E-state index contributed by atoms with van der Waals surface area (Å²) in [4.78, 5) is 35.8. The summed E-state index contributed by atoms with van der Waals surface area (Å²) < 4.78 is 51.0. The van der Waals surface area contributed by atoms with Gasteiger partial charge in [0.15, 0.2) is 0 Å². The fraction of sp³-hybridized carbons (Fsp3) is 0.636. The van der Waals surface area contributed by atoms with Crippen molar-refractivity contribution in [3.8, 4) is 0 Å². The Morgan fingerprint density at radius 2 is 1.60 bits per heavy atom. The van der Waals surface area contributed by atoms with Crippen LogP contribution in [0.15, 0.2) is 60.7 Å². The predicted molar refractivity (Wildman–Crippen MR) is 210 cm³/mol. The summed E-state index contributed by atoms with van der Waals surface area (Å²) >= 11 is 0. The van der Waals surface area contributed by atoms with Gasteiger partial charge in [0, 0.05) is 80.9 Å². The van der Waals surface area contributed by atoms with Crippen LogP contribution in [0.4, 0.5) is 18.9 Å². The first-order valence-electron chi connectivity index (χ1n) is 20.6. The van der Waals surface area contributed by atoms with Gasteiger partial charge >= 0.3 is 5.97 Å². The van der Waals surface area contributed by atoms with Gasteiger partial charge in [0.2, 0.25) is 5.91 Å². The Kier molecular flexibility index (Phi) is 12.3. The minimum Gasteiger partial charge on any atom is -0.469 e. The molecule has 4 heterocycles. The van der Waals surface area contributed by atoms with Crippen molar-refractivity contribution in [2.24, 2.45) is 29.6 Å². The minimum absolute atomic E-state index is 0.00842. The molecule has 2 aromatic rings. The summed E-state index contributed by atoms with van der Waals surface area (Å²) in [5, 5.41) is 0. The second kappa shape index (κ2) is 17.0. The molecule has 4 saturated heterocycles. The number of carbonyl (C=O) groups is 2. The number of methoxy groups -OCH3 is 1. The highest BCUT2D eigenvalue weighted by Crippen LogP contribution is 2.54. The van der Waals surface area contributed by atoms with Crippen molar-refractivity contribution < 1.29 is 27.5 Å². The number of rotatable bonds is 15. The fourth-order valence-electron chi connectivity index (χ4n) is 10.4. The topological polar surface area (TPSA) is 59.6 Å². The maximum Gasteiger partial charge on any atom is 0.305 e. The molecule has 4 aliphatic heterocycles. The molecule has 1 amide bonds. The van der Waals surface area contributed by atoms with E-state index in [1.165, 1.54) is 24.5 Å². The van der Waals surface area contributed by atoms with Crippen LogP contribution in [0.2, 0.25) is 0 Å². The number of hydrogen-bond acceptors (Lipinski definition) is 7. The van der Waals surface area contributed by atoms with Crippen LogP contribution < -0.4 is 4.90 Å². The SMILES string of the molecule is COC(=O)C[C@H]1CCC[C@@H]1[C@](CN1CCC1)(c1cccc(F)c1)C1CCN(CC2CN(c3ccc(C(F)(F)C4CN(C(=O)/C=C/CN(C)C)C4)cc3)C2)CC1. The zero-order chi connectivity index (χ0) is 38.7. The molecular formula is C44H60F3N5O3. The highest BCUT2D eigenvalue weighted by atomic mass is 19.3. The number of alkyl halides is 2. The first-order valence-corrected chi connectivity index (χ1v) is 20.6. The standard InChI is InChI=1S/C44H60F3N5O3/c1-48(2)19-6-12-41(53)52-29-37(30-52)44(46,47)35-13-15-39(16-14-35)51-27-32(28-51)26-49-22-17-34(18-23-49)43(31-50-20-7-21-50,36-9-5-10-38(45)25-36)40-11-4-8-33(40)24-42(54)55-3/h5-6,9-10,12-16,25,32-34,37,40H,4,7-8,11,17-24,26-31H2,1-3H3/b12-6+/t33-,40+,43+/m1/s1. The Morgan fingerprint density at radius 3 is 2.24 bits per heavy atom. The summed E-state index contributed by atoms with van der Waals surface area (Å²) in [5.74, 6) is -2.99. The molecule has 3 atom stereocenters. The van der Waals surface area contributed by atoms with Gasteiger partial charge < -0.3 is 29.2 Å². The molecule has 7 rings (SSSR count). The number of amides is 1. The molecule has 0 N–H and O–H groups in total. The van der Waals surface area contributed by atoms with E-state index in [0.29, 0.717) is 30.7 Å². The number of carbonyl (C=O) groups excluding carboxylic acids is 2. The van der Waals surface area contributed by atoms with Gasteiger partial charge in [-0.25, -0.2) is 13.2 Å². The predicted octanol–water partition coefficient (Wildman–Crippen LogP) is 6.27. The first-order chi connectivity index (χ1) is 26.5. The van der Waals surface area contributed by atoms with Crippen LogP contribution in [0, 0.1) is 35.4 Å². The smallest absolute Gasteiger partial charge is 0.305 e. The van der Waals surface area contributed by atoms with Crippen molar-refractivity contribution >= 4 is 17.6 Å². The lowest BCUT2D eigenvalue weighted by molar-refractivity contribution is -0.151. The highest BCUT2D eigenvalue weighted by Gasteiger charge is 2.53. The number of esters is 1. The van der Waals surface area contributed by atoms with Crippen LogP contribution in [0.25, 0.3) is 0 Å².